The van der Waals surface area contributed by atoms with Crippen LogP contribution in [0.2, 0.25) is 0 Å². The van der Waals surface area contributed by atoms with Crippen molar-refractivity contribution < 1.29 is 9.53 Å². The molecule has 2 heteroatoms. The molecule has 0 spiro atoms. The van der Waals surface area contributed by atoms with Crippen LogP contribution in [0, 0.1) is 0 Å². The van der Waals surface area contributed by atoms with Crippen LogP contribution < -0.4 is 4.74 Å². The third kappa shape index (κ3) is 2.38. The molecule has 27 heavy (non-hydrogen) atoms. The summed E-state index contributed by atoms with van der Waals surface area (Å²) in [5.41, 5.74) is 0. The Morgan fingerprint density at radius 1 is 0.667 bits per heavy atom. The lowest BCUT2D eigenvalue weighted by molar-refractivity contribution is -0.128. The van der Waals surface area contributed by atoms with E-state index in [0.717, 1.165) is 21.5 Å². The summed E-state index contributed by atoms with van der Waals surface area (Å²) in [5, 5.41) is 9.08. The molecule has 0 aliphatic rings. The predicted molar refractivity (Wildman–Crippen MR) is 112 cm³/mol. The monoisotopic (exact) mass is 348 g/mol. The third-order valence-electron chi connectivity index (χ3n) is 5.10. The van der Waals surface area contributed by atoms with Crippen LogP contribution in [-0.4, -0.2) is 5.97 Å². The van der Waals surface area contributed by atoms with Gasteiger partial charge in [-0.1, -0.05) is 79.4 Å². The first-order valence-corrected chi connectivity index (χ1v) is 8.86. The molecule has 128 valence electrons. The van der Waals surface area contributed by atoms with E-state index in [1.165, 1.54) is 27.6 Å². The van der Waals surface area contributed by atoms with Crippen LogP contribution in [0.3, 0.4) is 0 Å². The van der Waals surface area contributed by atoms with E-state index in [-0.39, 0.29) is 0 Å². The second-order valence-electron chi connectivity index (χ2n) is 6.59. The Kier molecular flexibility index (Phi) is 3.44. The van der Waals surface area contributed by atoms with Crippen molar-refractivity contribution in [1.82, 2.24) is 0 Å². The second-order valence-corrected chi connectivity index (χ2v) is 6.59. The van der Waals surface area contributed by atoms with Crippen molar-refractivity contribution in [3.05, 3.63) is 91.5 Å². The SMILES string of the molecule is C=CC(=O)Oc1cccc2ccc3c4ccc5ccccc5c4ccc3c12. The van der Waals surface area contributed by atoms with Gasteiger partial charge in [-0.3, -0.25) is 0 Å². The van der Waals surface area contributed by atoms with E-state index in [1.807, 2.05) is 18.2 Å². The molecule has 0 aromatic heterocycles. The van der Waals surface area contributed by atoms with Gasteiger partial charge >= 0.3 is 5.97 Å². The third-order valence-corrected chi connectivity index (χ3v) is 5.10. The van der Waals surface area contributed by atoms with Crippen LogP contribution in [-0.2, 0) is 4.79 Å². The standard InChI is InChI=1S/C25H16O2/c1-2-24(26)27-23-9-5-7-17-11-13-21-20-12-10-16-6-3-4-8-18(16)19(20)14-15-22(21)25(17)23/h2-15H,1H2. The van der Waals surface area contributed by atoms with Gasteiger partial charge in [-0.15, -0.1) is 0 Å². The predicted octanol–water partition coefficient (Wildman–Crippen LogP) is 6.39. The van der Waals surface area contributed by atoms with E-state index >= 15 is 0 Å². The van der Waals surface area contributed by atoms with Crippen molar-refractivity contribution >= 4 is 49.1 Å². The molecule has 0 N–H and O–H groups in total. The summed E-state index contributed by atoms with van der Waals surface area (Å²) in [6, 6.07) is 27.0. The molecule has 0 radical (unpaired) electrons. The van der Waals surface area contributed by atoms with E-state index in [1.54, 1.807) is 0 Å². The maximum atomic E-state index is 11.8. The Bertz CT molecular complexity index is 1380. The van der Waals surface area contributed by atoms with Crippen molar-refractivity contribution in [2.24, 2.45) is 0 Å². The first-order chi connectivity index (χ1) is 13.3. The van der Waals surface area contributed by atoms with E-state index in [2.05, 4.69) is 67.2 Å². The lowest BCUT2D eigenvalue weighted by Gasteiger charge is -2.12. The number of ether oxygens (including phenoxy) is 1. The largest absolute Gasteiger partial charge is 0.423 e. The van der Waals surface area contributed by atoms with Crippen molar-refractivity contribution in [3.63, 3.8) is 0 Å². The quantitative estimate of drug-likeness (QED) is 0.160. The Balaban J connectivity index is 1.91. The lowest BCUT2D eigenvalue weighted by Crippen LogP contribution is -2.03. The topological polar surface area (TPSA) is 26.3 Å². The average molecular weight is 348 g/mol. The minimum absolute atomic E-state index is 0.453. The highest BCUT2D eigenvalue weighted by atomic mass is 16.5. The fourth-order valence-electron chi connectivity index (χ4n) is 3.89. The molecule has 0 unspecified atom stereocenters. The van der Waals surface area contributed by atoms with Gasteiger partial charge in [-0.05, 0) is 43.8 Å². The Morgan fingerprint density at radius 3 is 2.15 bits per heavy atom. The van der Waals surface area contributed by atoms with Crippen molar-refractivity contribution in [2.45, 2.75) is 0 Å². The van der Waals surface area contributed by atoms with E-state index < -0.39 is 5.97 Å². The van der Waals surface area contributed by atoms with Crippen LogP contribution in [0.5, 0.6) is 5.75 Å². The molecule has 0 amide bonds. The minimum Gasteiger partial charge on any atom is -0.423 e. The number of carbonyl (C=O) groups excluding carboxylic acids is 1. The van der Waals surface area contributed by atoms with Gasteiger partial charge in [0, 0.05) is 11.5 Å². The normalized spacial score (nSPS) is 11.3. The number of benzene rings is 5. The molecule has 5 aromatic rings. The average Bonchev–Trinajstić information content (AvgIpc) is 2.72. The van der Waals surface area contributed by atoms with Gasteiger partial charge in [-0.25, -0.2) is 4.79 Å². The zero-order chi connectivity index (χ0) is 18.4. The molecular formula is C25H16O2. The molecule has 0 aliphatic heterocycles. The summed E-state index contributed by atoms with van der Waals surface area (Å²) >= 11 is 0. The van der Waals surface area contributed by atoms with Gasteiger partial charge < -0.3 is 4.74 Å². The molecule has 2 nitrogen and oxygen atoms in total. The highest BCUT2D eigenvalue weighted by Gasteiger charge is 2.12. The van der Waals surface area contributed by atoms with E-state index in [0.29, 0.717) is 5.75 Å². The van der Waals surface area contributed by atoms with E-state index in [4.69, 9.17) is 4.74 Å². The minimum atomic E-state index is -0.453. The van der Waals surface area contributed by atoms with Crippen molar-refractivity contribution in [2.75, 3.05) is 0 Å². The summed E-state index contributed by atoms with van der Waals surface area (Å²) in [4.78, 5) is 11.8. The fourth-order valence-corrected chi connectivity index (χ4v) is 3.89. The first-order valence-electron chi connectivity index (χ1n) is 8.86. The fraction of sp³-hybridized carbons (Fsp3) is 0. The summed E-state index contributed by atoms with van der Waals surface area (Å²) in [7, 11) is 0. The Morgan fingerprint density at radius 2 is 1.30 bits per heavy atom. The summed E-state index contributed by atoms with van der Waals surface area (Å²) in [6.45, 7) is 3.49. The summed E-state index contributed by atoms with van der Waals surface area (Å²) < 4.78 is 5.51. The van der Waals surface area contributed by atoms with Gasteiger partial charge in [-0.2, -0.15) is 0 Å². The van der Waals surface area contributed by atoms with Crippen LogP contribution in [0.15, 0.2) is 91.5 Å². The van der Waals surface area contributed by atoms with Gasteiger partial charge in [0.2, 0.25) is 0 Å². The molecule has 0 atom stereocenters. The van der Waals surface area contributed by atoms with Gasteiger partial charge in [0.05, 0.1) is 0 Å². The molecular weight excluding hydrogens is 332 g/mol. The van der Waals surface area contributed by atoms with Crippen LogP contribution >= 0.6 is 0 Å². The first kappa shape index (κ1) is 15.6. The smallest absolute Gasteiger partial charge is 0.335 e. The molecule has 0 saturated carbocycles. The zero-order valence-electron chi connectivity index (χ0n) is 14.6. The van der Waals surface area contributed by atoms with Gasteiger partial charge in [0.15, 0.2) is 0 Å². The maximum absolute atomic E-state index is 11.8. The Labute approximate surface area is 156 Å². The molecule has 5 rings (SSSR count). The zero-order valence-corrected chi connectivity index (χ0v) is 14.6. The maximum Gasteiger partial charge on any atom is 0.335 e. The number of fused-ring (bicyclic) bond motifs is 7. The molecule has 0 heterocycles. The van der Waals surface area contributed by atoms with Crippen LogP contribution in [0.4, 0.5) is 0 Å². The number of rotatable bonds is 2. The van der Waals surface area contributed by atoms with Crippen LogP contribution in [0.1, 0.15) is 0 Å². The molecule has 5 aromatic carbocycles. The number of hydrogen-bond donors (Lipinski definition) is 0. The number of carbonyl (C=O) groups is 1. The Hall–Kier alpha value is -3.65. The molecule has 0 fully saturated rings. The number of esters is 1. The van der Waals surface area contributed by atoms with Crippen molar-refractivity contribution in [1.29, 1.82) is 0 Å². The summed E-state index contributed by atoms with van der Waals surface area (Å²) in [5.74, 6) is 0.106. The highest BCUT2D eigenvalue weighted by Crippen LogP contribution is 2.38. The molecule has 0 saturated heterocycles. The molecule has 0 aliphatic carbocycles. The second kappa shape index (κ2) is 5.96. The van der Waals surface area contributed by atoms with Crippen LogP contribution in [0.25, 0.3) is 43.1 Å². The van der Waals surface area contributed by atoms with Gasteiger partial charge in [0.25, 0.3) is 0 Å². The lowest BCUT2D eigenvalue weighted by atomic mass is 9.94. The van der Waals surface area contributed by atoms with Crippen molar-refractivity contribution in [3.8, 4) is 5.75 Å². The van der Waals surface area contributed by atoms with E-state index in [9.17, 15) is 4.79 Å². The molecule has 0 bridgehead atoms. The highest BCUT2D eigenvalue weighted by molar-refractivity contribution is 6.23. The van der Waals surface area contributed by atoms with Gasteiger partial charge in [0.1, 0.15) is 5.75 Å². The number of hydrogen-bond acceptors (Lipinski definition) is 2. The summed E-state index contributed by atoms with van der Waals surface area (Å²) in [6.07, 6.45) is 1.19.